The first-order chi connectivity index (χ1) is 10.4. The molecular formula is C17H18N2OS. The van der Waals surface area contributed by atoms with Gasteiger partial charge in [-0.1, -0.05) is 6.07 Å². The lowest BCUT2D eigenvalue weighted by Crippen LogP contribution is -2.23. The Hall–Kier alpha value is -1.91. The van der Waals surface area contributed by atoms with Crippen molar-refractivity contribution in [1.29, 1.82) is 0 Å². The Balaban J connectivity index is 1.40. The number of hydrogen-bond donors (Lipinski definition) is 1. The summed E-state index contributed by atoms with van der Waals surface area (Å²) in [6.45, 7) is 2.51. The number of ether oxygens (including phenoxy) is 1. The quantitative estimate of drug-likeness (QED) is 0.678. The van der Waals surface area contributed by atoms with Gasteiger partial charge in [0.05, 0.1) is 5.52 Å². The number of thiophene rings is 1. The van der Waals surface area contributed by atoms with Crippen LogP contribution in [0, 0.1) is 0 Å². The van der Waals surface area contributed by atoms with E-state index in [1.807, 2.05) is 24.3 Å². The van der Waals surface area contributed by atoms with Crippen molar-refractivity contribution in [3.05, 3.63) is 58.9 Å². The first kappa shape index (κ1) is 14.0. The van der Waals surface area contributed by atoms with Crippen LogP contribution in [-0.2, 0) is 6.42 Å². The summed E-state index contributed by atoms with van der Waals surface area (Å²) in [6, 6.07) is 12.2. The fourth-order valence-electron chi connectivity index (χ4n) is 2.17. The van der Waals surface area contributed by atoms with Crippen molar-refractivity contribution in [1.82, 2.24) is 10.3 Å². The highest BCUT2D eigenvalue weighted by Gasteiger charge is 1.98. The van der Waals surface area contributed by atoms with Crippen LogP contribution < -0.4 is 10.1 Å². The van der Waals surface area contributed by atoms with E-state index >= 15 is 0 Å². The van der Waals surface area contributed by atoms with E-state index in [1.54, 1.807) is 17.5 Å². The summed E-state index contributed by atoms with van der Waals surface area (Å²) in [5.74, 6) is 0.876. The third-order valence-corrected chi connectivity index (χ3v) is 4.03. The molecule has 0 radical (unpaired) electrons. The van der Waals surface area contributed by atoms with Crippen LogP contribution in [0.5, 0.6) is 5.75 Å². The lowest BCUT2D eigenvalue weighted by atomic mass is 10.2. The van der Waals surface area contributed by atoms with Crippen molar-refractivity contribution in [2.24, 2.45) is 0 Å². The van der Waals surface area contributed by atoms with Crippen LogP contribution in [0.15, 0.2) is 53.4 Å². The summed E-state index contributed by atoms with van der Waals surface area (Å²) in [6.07, 6.45) is 2.88. The van der Waals surface area contributed by atoms with E-state index in [1.165, 1.54) is 5.56 Å². The molecular weight excluding hydrogens is 280 g/mol. The van der Waals surface area contributed by atoms with Gasteiger partial charge in [-0.3, -0.25) is 4.98 Å². The van der Waals surface area contributed by atoms with E-state index in [9.17, 15) is 0 Å². The van der Waals surface area contributed by atoms with Gasteiger partial charge in [-0.25, -0.2) is 0 Å². The third-order valence-electron chi connectivity index (χ3n) is 3.30. The average Bonchev–Trinajstić information content (AvgIpc) is 3.04. The summed E-state index contributed by atoms with van der Waals surface area (Å²) < 4.78 is 5.75. The number of rotatable bonds is 7. The molecule has 2 aromatic heterocycles. The number of aromatic nitrogens is 1. The summed E-state index contributed by atoms with van der Waals surface area (Å²) >= 11 is 1.75. The van der Waals surface area contributed by atoms with Crippen LogP contribution in [0.1, 0.15) is 5.56 Å². The molecule has 108 valence electrons. The molecule has 1 aromatic carbocycles. The molecule has 4 heteroatoms. The second-order valence-corrected chi connectivity index (χ2v) is 5.62. The van der Waals surface area contributed by atoms with E-state index in [-0.39, 0.29) is 0 Å². The molecule has 1 N–H and O–H groups in total. The lowest BCUT2D eigenvalue weighted by Gasteiger charge is -2.08. The van der Waals surface area contributed by atoms with Gasteiger partial charge in [0.25, 0.3) is 0 Å². The molecule has 0 atom stereocenters. The van der Waals surface area contributed by atoms with Gasteiger partial charge in [-0.05, 0) is 53.6 Å². The molecule has 2 heterocycles. The maximum Gasteiger partial charge on any atom is 0.121 e. The van der Waals surface area contributed by atoms with Crippen molar-refractivity contribution in [2.45, 2.75) is 6.42 Å². The minimum atomic E-state index is 0.669. The van der Waals surface area contributed by atoms with E-state index in [0.29, 0.717) is 6.61 Å². The Kier molecular flexibility index (Phi) is 4.82. The van der Waals surface area contributed by atoms with Crippen molar-refractivity contribution in [3.8, 4) is 5.75 Å². The molecule has 0 aliphatic heterocycles. The van der Waals surface area contributed by atoms with Gasteiger partial charge in [0.1, 0.15) is 12.4 Å². The zero-order valence-corrected chi connectivity index (χ0v) is 12.6. The predicted octanol–water partition coefficient (Wildman–Crippen LogP) is 3.51. The van der Waals surface area contributed by atoms with Crippen molar-refractivity contribution >= 4 is 22.2 Å². The van der Waals surface area contributed by atoms with Crippen molar-refractivity contribution in [2.75, 3.05) is 19.7 Å². The molecule has 21 heavy (non-hydrogen) atoms. The number of benzene rings is 1. The fraction of sp³-hybridized carbons (Fsp3) is 0.235. The zero-order chi connectivity index (χ0) is 14.3. The van der Waals surface area contributed by atoms with Gasteiger partial charge in [-0.2, -0.15) is 11.3 Å². The fourth-order valence-corrected chi connectivity index (χ4v) is 2.87. The molecule has 0 unspecified atom stereocenters. The van der Waals surface area contributed by atoms with Crippen molar-refractivity contribution in [3.63, 3.8) is 0 Å². The molecule has 3 nitrogen and oxygen atoms in total. The second kappa shape index (κ2) is 7.20. The highest BCUT2D eigenvalue weighted by atomic mass is 32.1. The molecule has 0 fully saturated rings. The van der Waals surface area contributed by atoms with E-state index in [4.69, 9.17) is 4.74 Å². The Labute approximate surface area is 128 Å². The van der Waals surface area contributed by atoms with Gasteiger partial charge >= 0.3 is 0 Å². The molecule has 3 rings (SSSR count). The average molecular weight is 298 g/mol. The normalized spacial score (nSPS) is 10.9. The molecule has 0 spiro atoms. The first-order valence-corrected chi connectivity index (χ1v) is 8.05. The number of fused-ring (bicyclic) bond motifs is 1. The highest BCUT2D eigenvalue weighted by molar-refractivity contribution is 7.07. The number of nitrogens with one attached hydrogen (secondary N) is 1. The molecule has 0 saturated carbocycles. The Morgan fingerprint density at radius 1 is 1.14 bits per heavy atom. The van der Waals surface area contributed by atoms with Gasteiger partial charge in [0.2, 0.25) is 0 Å². The Bertz CT molecular complexity index is 682. The van der Waals surface area contributed by atoms with Gasteiger partial charge < -0.3 is 10.1 Å². The summed E-state index contributed by atoms with van der Waals surface area (Å²) in [4.78, 5) is 4.33. The SMILES string of the molecule is c1cnc2cc(OCCNCCc3ccsc3)ccc2c1. The zero-order valence-electron chi connectivity index (χ0n) is 11.8. The largest absolute Gasteiger partial charge is 0.492 e. The van der Waals surface area contributed by atoms with Crippen LogP contribution in [0.2, 0.25) is 0 Å². The highest BCUT2D eigenvalue weighted by Crippen LogP contribution is 2.18. The van der Waals surface area contributed by atoms with Crippen molar-refractivity contribution < 1.29 is 4.74 Å². The Morgan fingerprint density at radius 2 is 2.14 bits per heavy atom. The second-order valence-electron chi connectivity index (χ2n) is 4.84. The van der Waals surface area contributed by atoms with Crippen LogP contribution >= 0.6 is 11.3 Å². The standard InChI is InChI=1S/C17H18N2OS/c1-2-15-3-4-16(12-17(15)19-7-1)20-10-9-18-8-5-14-6-11-21-13-14/h1-4,6-7,11-13,18H,5,8-10H2. The number of nitrogens with zero attached hydrogens (tertiary/aromatic N) is 1. The Morgan fingerprint density at radius 3 is 3.05 bits per heavy atom. The summed E-state index contributed by atoms with van der Waals surface area (Å²) in [7, 11) is 0. The third kappa shape index (κ3) is 4.03. The smallest absolute Gasteiger partial charge is 0.121 e. The molecule has 0 bridgehead atoms. The minimum Gasteiger partial charge on any atom is -0.492 e. The monoisotopic (exact) mass is 298 g/mol. The number of pyridine rings is 1. The summed E-state index contributed by atoms with van der Waals surface area (Å²) in [5.41, 5.74) is 2.37. The maximum absolute atomic E-state index is 5.75. The predicted molar refractivity (Wildman–Crippen MR) is 88.1 cm³/mol. The van der Waals surface area contributed by atoms with E-state index < -0.39 is 0 Å². The topological polar surface area (TPSA) is 34.1 Å². The summed E-state index contributed by atoms with van der Waals surface area (Å²) in [5, 5.41) is 8.84. The lowest BCUT2D eigenvalue weighted by molar-refractivity contribution is 0.315. The van der Waals surface area contributed by atoms with Gasteiger partial charge in [0, 0.05) is 24.2 Å². The molecule has 0 aliphatic rings. The van der Waals surface area contributed by atoms with Gasteiger partial charge in [0.15, 0.2) is 0 Å². The van der Waals surface area contributed by atoms with E-state index in [0.717, 1.165) is 36.2 Å². The minimum absolute atomic E-state index is 0.669. The van der Waals surface area contributed by atoms with Gasteiger partial charge in [-0.15, -0.1) is 0 Å². The molecule has 0 amide bonds. The van der Waals surface area contributed by atoms with Crippen LogP contribution in [0.25, 0.3) is 10.9 Å². The molecule has 0 aliphatic carbocycles. The molecule has 0 saturated heterocycles. The van der Waals surface area contributed by atoms with Crippen LogP contribution in [0.3, 0.4) is 0 Å². The first-order valence-electron chi connectivity index (χ1n) is 7.11. The van der Waals surface area contributed by atoms with E-state index in [2.05, 4.69) is 33.2 Å². The van der Waals surface area contributed by atoms with Crippen LogP contribution in [0.4, 0.5) is 0 Å². The number of hydrogen-bond acceptors (Lipinski definition) is 4. The maximum atomic E-state index is 5.75. The molecule has 3 aromatic rings. The van der Waals surface area contributed by atoms with Crippen LogP contribution in [-0.4, -0.2) is 24.7 Å².